The highest BCUT2D eigenvalue weighted by Gasteiger charge is 2.12. The summed E-state index contributed by atoms with van der Waals surface area (Å²) in [6, 6.07) is 37.3. The van der Waals surface area contributed by atoms with Crippen molar-refractivity contribution in [1.29, 1.82) is 0 Å². The van der Waals surface area contributed by atoms with E-state index in [1.54, 1.807) is 0 Å². The topological polar surface area (TPSA) is 0 Å². The quantitative estimate of drug-likeness (QED) is 0.421. The van der Waals surface area contributed by atoms with Gasteiger partial charge in [0.15, 0.2) is 0 Å². The summed E-state index contributed by atoms with van der Waals surface area (Å²) in [7, 11) is -0.743. The molecule has 3 rings (SSSR count). The van der Waals surface area contributed by atoms with Crippen LogP contribution >= 0.6 is 0 Å². The molecule has 0 saturated heterocycles. The van der Waals surface area contributed by atoms with Gasteiger partial charge >= 0.3 is 0 Å². The molecule has 0 atom stereocenters. The third-order valence-electron chi connectivity index (χ3n) is 5.05. The maximum Gasteiger partial charge on any atom is 0.0377 e. The molecule has 0 amide bonds. The van der Waals surface area contributed by atoms with Crippen LogP contribution in [-0.2, 0) is 19.3 Å². The van der Waals surface area contributed by atoms with Crippen molar-refractivity contribution in [3.63, 3.8) is 0 Å². The van der Waals surface area contributed by atoms with E-state index in [2.05, 4.69) is 91.0 Å². The first-order valence-corrected chi connectivity index (χ1v) is 12.0. The number of benzene rings is 3. The van der Waals surface area contributed by atoms with Crippen molar-refractivity contribution in [3.05, 3.63) is 108 Å². The lowest BCUT2D eigenvalue weighted by Gasteiger charge is -2.16. The predicted molar refractivity (Wildman–Crippen MR) is 112 cm³/mol. The first-order chi connectivity index (χ1) is 12.4. The minimum absolute atomic E-state index is 0.743. The zero-order valence-corrected chi connectivity index (χ0v) is 16.1. The summed E-state index contributed by atoms with van der Waals surface area (Å²) in [6.07, 6.45) is 3.75. The number of rotatable bonds is 9. The van der Waals surface area contributed by atoms with Crippen LogP contribution in [0.2, 0.25) is 18.1 Å². The molecule has 0 aliphatic heterocycles. The van der Waals surface area contributed by atoms with Crippen LogP contribution in [0.4, 0.5) is 0 Å². The molecule has 25 heavy (non-hydrogen) atoms. The molecule has 0 saturated carbocycles. The van der Waals surface area contributed by atoms with Gasteiger partial charge in [-0.2, -0.15) is 0 Å². The molecular weight excluding hydrogens is 316 g/mol. The molecule has 0 spiro atoms. The number of aryl methyl sites for hydroxylation is 3. The van der Waals surface area contributed by atoms with Crippen molar-refractivity contribution in [1.82, 2.24) is 0 Å². The third-order valence-corrected chi connectivity index (χ3v) is 8.37. The Morgan fingerprint density at radius 3 is 0.960 bits per heavy atom. The largest absolute Gasteiger partial charge is 0.0622 e. The van der Waals surface area contributed by atoms with E-state index >= 15 is 0 Å². The maximum absolute atomic E-state index is 2.28. The molecule has 0 aliphatic rings. The molecule has 3 aromatic rings. The molecule has 0 fully saturated rings. The molecule has 1 heteroatoms. The van der Waals surface area contributed by atoms with Crippen molar-refractivity contribution in [2.24, 2.45) is 0 Å². The fourth-order valence-electron chi connectivity index (χ4n) is 3.48. The van der Waals surface area contributed by atoms with Gasteiger partial charge in [0.25, 0.3) is 0 Å². The molecule has 3 aromatic carbocycles. The Bertz CT molecular complexity index is 603. The zero-order chi connectivity index (χ0) is 17.2. The van der Waals surface area contributed by atoms with Gasteiger partial charge in [-0.3, -0.25) is 0 Å². The summed E-state index contributed by atoms with van der Waals surface area (Å²) in [6.45, 7) is 0. The van der Waals surface area contributed by atoms with Gasteiger partial charge in [-0.1, -0.05) is 109 Å². The molecule has 0 radical (unpaired) electrons. The minimum atomic E-state index is -0.743. The zero-order valence-electron chi connectivity index (χ0n) is 15.0. The van der Waals surface area contributed by atoms with Crippen LogP contribution in [0, 0.1) is 0 Å². The Morgan fingerprint density at radius 1 is 0.400 bits per heavy atom. The Morgan fingerprint density at radius 2 is 0.680 bits per heavy atom. The minimum Gasteiger partial charge on any atom is -0.0622 e. The van der Waals surface area contributed by atoms with E-state index in [1.165, 1.54) is 54.1 Å². The second-order valence-corrected chi connectivity index (χ2v) is 10.4. The molecule has 0 bridgehead atoms. The summed E-state index contributed by atoms with van der Waals surface area (Å²) >= 11 is 0. The van der Waals surface area contributed by atoms with Crippen molar-refractivity contribution < 1.29 is 0 Å². The van der Waals surface area contributed by atoms with Crippen molar-refractivity contribution >= 4 is 8.80 Å². The van der Waals surface area contributed by atoms with E-state index in [1.807, 2.05) is 0 Å². The maximum atomic E-state index is 2.28. The molecule has 128 valence electrons. The highest BCUT2D eigenvalue weighted by molar-refractivity contribution is 6.58. The molecule has 0 aliphatic carbocycles. The van der Waals surface area contributed by atoms with Gasteiger partial charge in [-0.15, -0.1) is 0 Å². The summed E-state index contributed by atoms with van der Waals surface area (Å²) in [4.78, 5) is 0. The van der Waals surface area contributed by atoms with E-state index in [0.717, 1.165) is 0 Å². The van der Waals surface area contributed by atoms with E-state index in [-0.39, 0.29) is 0 Å². The van der Waals surface area contributed by atoms with Crippen LogP contribution in [0.1, 0.15) is 16.7 Å². The highest BCUT2D eigenvalue weighted by Crippen LogP contribution is 2.17. The van der Waals surface area contributed by atoms with Gasteiger partial charge < -0.3 is 0 Å². The molecule has 0 heterocycles. The number of hydrogen-bond donors (Lipinski definition) is 0. The molecule has 0 unspecified atom stereocenters. The second kappa shape index (κ2) is 10.0. The fraction of sp³-hybridized carbons (Fsp3) is 0.250. The van der Waals surface area contributed by atoms with Gasteiger partial charge in [-0.25, -0.2) is 0 Å². The van der Waals surface area contributed by atoms with E-state index in [4.69, 9.17) is 0 Å². The second-order valence-electron chi connectivity index (χ2n) is 6.94. The molecule has 0 N–H and O–H groups in total. The van der Waals surface area contributed by atoms with Crippen LogP contribution in [0.3, 0.4) is 0 Å². The van der Waals surface area contributed by atoms with Gasteiger partial charge in [0, 0.05) is 8.80 Å². The summed E-state index contributed by atoms with van der Waals surface area (Å²) < 4.78 is 0. The Balaban J connectivity index is 1.56. The van der Waals surface area contributed by atoms with Gasteiger partial charge in [0.1, 0.15) is 0 Å². The van der Waals surface area contributed by atoms with Gasteiger partial charge in [0.2, 0.25) is 0 Å². The van der Waals surface area contributed by atoms with Crippen LogP contribution in [-0.4, -0.2) is 8.80 Å². The van der Waals surface area contributed by atoms with Crippen LogP contribution in [0.5, 0.6) is 0 Å². The number of hydrogen-bond acceptors (Lipinski definition) is 0. The van der Waals surface area contributed by atoms with Crippen molar-refractivity contribution in [3.8, 4) is 0 Å². The average Bonchev–Trinajstić information content (AvgIpc) is 2.70. The van der Waals surface area contributed by atoms with Crippen LogP contribution in [0.15, 0.2) is 91.0 Å². The lowest BCUT2D eigenvalue weighted by molar-refractivity contribution is 1.00. The summed E-state index contributed by atoms with van der Waals surface area (Å²) in [5.74, 6) is 0. The van der Waals surface area contributed by atoms with Crippen LogP contribution in [0.25, 0.3) is 0 Å². The van der Waals surface area contributed by atoms with Crippen molar-refractivity contribution in [2.75, 3.05) is 0 Å². The van der Waals surface area contributed by atoms with Gasteiger partial charge in [0.05, 0.1) is 0 Å². The average molecular weight is 345 g/mol. The van der Waals surface area contributed by atoms with E-state index in [9.17, 15) is 0 Å². The Hall–Kier alpha value is -2.12. The molecule has 0 nitrogen and oxygen atoms in total. The first-order valence-electron chi connectivity index (χ1n) is 9.52. The van der Waals surface area contributed by atoms with E-state index in [0.29, 0.717) is 0 Å². The monoisotopic (exact) mass is 344 g/mol. The highest BCUT2D eigenvalue weighted by atomic mass is 28.3. The molecule has 0 aromatic heterocycles. The third kappa shape index (κ3) is 6.36. The normalized spacial score (nSPS) is 10.9. The first kappa shape index (κ1) is 17.7. The smallest absolute Gasteiger partial charge is 0.0377 e. The predicted octanol–water partition coefficient (Wildman–Crippen LogP) is 5.94. The SMILES string of the molecule is c1ccc(CC[SiH](CCc2ccccc2)CCc2ccccc2)cc1. The lowest BCUT2D eigenvalue weighted by Crippen LogP contribution is -2.15. The summed E-state index contributed by atoms with van der Waals surface area (Å²) in [5.41, 5.74) is 4.50. The molecular formula is C24H28Si. The summed E-state index contributed by atoms with van der Waals surface area (Å²) in [5, 5.41) is 0. The fourth-order valence-corrected chi connectivity index (χ4v) is 6.57. The Labute approximate surface area is 154 Å². The standard InChI is InChI=1S/C24H28Si/c1-4-10-22(11-5-1)16-19-25(20-17-23-12-6-2-7-13-23)21-18-24-14-8-3-9-15-24/h1-15,25H,16-21H2. The van der Waals surface area contributed by atoms with Gasteiger partial charge in [-0.05, 0) is 36.0 Å². The Kier molecular flexibility index (Phi) is 7.08. The lowest BCUT2D eigenvalue weighted by atomic mass is 10.2. The van der Waals surface area contributed by atoms with E-state index < -0.39 is 8.80 Å². The van der Waals surface area contributed by atoms with Crippen molar-refractivity contribution in [2.45, 2.75) is 37.4 Å². The van der Waals surface area contributed by atoms with Crippen LogP contribution < -0.4 is 0 Å².